The summed E-state index contributed by atoms with van der Waals surface area (Å²) in [5, 5.41) is 8.50. The largest absolute Gasteiger partial charge is 0.462 e. The molecule has 0 spiro atoms. The molecule has 2 aromatic rings. The van der Waals surface area contributed by atoms with E-state index in [1.807, 2.05) is 57.2 Å². The van der Waals surface area contributed by atoms with E-state index in [2.05, 4.69) is 30.8 Å². The highest BCUT2D eigenvalue weighted by Crippen LogP contribution is 2.19. The zero-order valence-electron chi connectivity index (χ0n) is 19.5. The van der Waals surface area contributed by atoms with Gasteiger partial charge in [-0.1, -0.05) is 57.2 Å². The third-order valence-corrected chi connectivity index (χ3v) is 4.45. The Morgan fingerprint density at radius 1 is 0.935 bits per heavy atom. The average Bonchev–Trinajstić information content (AvgIpc) is 2.80. The summed E-state index contributed by atoms with van der Waals surface area (Å²) < 4.78 is 4.94. The van der Waals surface area contributed by atoms with Gasteiger partial charge in [0.1, 0.15) is 0 Å². The number of amides is 1. The van der Waals surface area contributed by atoms with Crippen molar-refractivity contribution >= 4 is 24.3 Å². The Hall–Kier alpha value is -2.99. The molecule has 0 aliphatic heterocycles. The van der Waals surface area contributed by atoms with Crippen molar-refractivity contribution in [3.05, 3.63) is 65.2 Å². The SMILES string of the molecule is C=N.CCCOC(=O)c1ccccc1.CCN(CC)CC(=O)Nc1c(C)cccc1C. The highest BCUT2D eigenvalue weighted by Gasteiger charge is 2.10. The summed E-state index contributed by atoms with van der Waals surface area (Å²) >= 11 is 0. The van der Waals surface area contributed by atoms with Crippen LogP contribution in [-0.4, -0.2) is 49.7 Å². The van der Waals surface area contributed by atoms with Gasteiger partial charge >= 0.3 is 5.97 Å². The van der Waals surface area contributed by atoms with Gasteiger partial charge in [-0.3, -0.25) is 9.69 Å². The van der Waals surface area contributed by atoms with E-state index in [0.29, 0.717) is 18.7 Å². The van der Waals surface area contributed by atoms with Gasteiger partial charge in [0.25, 0.3) is 0 Å². The summed E-state index contributed by atoms with van der Waals surface area (Å²) in [6, 6.07) is 15.0. The molecule has 6 heteroatoms. The summed E-state index contributed by atoms with van der Waals surface area (Å²) in [6.45, 7) is 15.4. The fraction of sp³-hybridized carbons (Fsp3) is 0.400. The minimum Gasteiger partial charge on any atom is -0.462 e. The molecule has 2 aromatic carbocycles. The zero-order chi connectivity index (χ0) is 23.6. The van der Waals surface area contributed by atoms with Crippen LogP contribution in [0.25, 0.3) is 0 Å². The van der Waals surface area contributed by atoms with Crippen molar-refractivity contribution in [2.75, 3.05) is 31.6 Å². The van der Waals surface area contributed by atoms with Crippen LogP contribution in [0.15, 0.2) is 48.5 Å². The summed E-state index contributed by atoms with van der Waals surface area (Å²) in [5.41, 5.74) is 3.78. The van der Waals surface area contributed by atoms with Crippen LogP contribution in [0.2, 0.25) is 0 Å². The van der Waals surface area contributed by atoms with Crippen molar-refractivity contribution in [3.63, 3.8) is 0 Å². The summed E-state index contributed by atoms with van der Waals surface area (Å²) in [7, 11) is 0. The smallest absolute Gasteiger partial charge is 0.338 e. The van der Waals surface area contributed by atoms with Gasteiger partial charge in [0.2, 0.25) is 5.91 Å². The van der Waals surface area contributed by atoms with Gasteiger partial charge in [-0.05, 0) is 63.3 Å². The van der Waals surface area contributed by atoms with Crippen molar-refractivity contribution < 1.29 is 14.3 Å². The van der Waals surface area contributed by atoms with Crippen molar-refractivity contribution in [2.45, 2.75) is 41.0 Å². The van der Waals surface area contributed by atoms with Crippen LogP contribution < -0.4 is 5.32 Å². The van der Waals surface area contributed by atoms with E-state index < -0.39 is 0 Å². The maximum atomic E-state index is 11.9. The standard InChI is InChI=1S/C14H22N2O.C10H12O2.CH3N/c1-5-16(6-2)10-13(17)15-14-11(3)8-7-9-12(14)4;1-2-8-12-10(11)9-6-4-3-5-7-9;1-2/h7-9H,5-6,10H2,1-4H3,(H,15,17);3-7H,2,8H2,1H3;2H,1H2. The van der Waals surface area contributed by atoms with E-state index >= 15 is 0 Å². The molecule has 0 saturated heterocycles. The number of rotatable bonds is 8. The monoisotopic (exact) mass is 427 g/mol. The summed E-state index contributed by atoms with van der Waals surface area (Å²) in [6.07, 6.45) is 0.860. The van der Waals surface area contributed by atoms with Crippen LogP contribution in [0.3, 0.4) is 0 Å². The number of hydrogen-bond donors (Lipinski definition) is 2. The minimum atomic E-state index is -0.238. The Bertz CT molecular complexity index is 755. The number of anilines is 1. The zero-order valence-corrected chi connectivity index (χ0v) is 19.5. The van der Waals surface area contributed by atoms with Crippen LogP contribution in [0.4, 0.5) is 5.69 Å². The topological polar surface area (TPSA) is 82.5 Å². The van der Waals surface area contributed by atoms with E-state index in [-0.39, 0.29) is 11.9 Å². The Balaban J connectivity index is 0.000000564. The van der Waals surface area contributed by atoms with Gasteiger partial charge in [-0.25, -0.2) is 4.79 Å². The molecule has 0 radical (unpaired) electrons. The quantitative estimate of drug-likeness (QED) is 0.453. The minimum absolute atomic E-state index is 0.0612. The number of hydrogen-bond acceptors (Lipinski definition) is 5. The van der Waals surface area contributed by atoms with Gasteiger partial charge < -0.3 is 15.5 Å². The van der Waals surface area contributed by atoms with E-state index in [9.17, 15) is 9.59 Å². The first-order chi connectivity index (χ1) is 14.9. The van der Waals surface area contributed by atoms with Crippen LogP contribution in [-0.2, 0) is 9.53 Å². The molecule has 1 amide bonds. The van der Waals surface area contributed by atoms with Gasteiger partial charge in [0.15, 0.2) is 0 Å². The first-order valence-electron chi connectivity index (χ1n) is 10.6. The Morgan fingerprint density at radius 2 is 1.48 bits per heavy atom. The molecule has 2 N–H and O–H groups in total. The fourth-order valence-electron chi connectivity index (χ4n) is 2.69. The molecule has 0 heterocycles. The lowest BCUT2D eigenvalue weighted by Crippen LogP contribution is -2.33. The molecular formula is C25H37N3O3. The van der Waals surface area contributed by atoms with E-state index in [1.54, 1.807) is 12.1 Å². The molecule has 0 aliphatic carbocycles. The molecule has 6 nitrogen and oxygen atoms in total. The fourth-order valence-corrected chi connectivity index (χ4v) is 2.69. The van der Waals surface area contributed by atoms with Crippen molar-refractivity contribution in [2.24, 2.45) is 0 Å². The normalized spacial score (nSPS) is 9.61. The third kappa shape index (κ3) is 11.1. The Morgan fingerprint density at radius 3 is 1.97 bits per heavy atom. The number of likely N-dealkylation sites (N-methyl/N-ethyl adjacent to an activating group) is 1. The predicted molar refractivity (Wildman–Crippen MR) is 129 cm³/mol. The highest BCUT2D eigenvalue weighted by molar-refractivity contribution is 5.93. The maximum absolute atomic E-state index is 11.9. The van der Waals surface area contributed by atoms with Crippen LogP contribution in [0, 0.1) is 19.3 Å². The molecule has 31 heavy (non-hydrogen) atoms. The first-order valence-corrected chi connectivity index (χ1v) is 10.6. The number of benzene rings is 2. The second-order valence-corrected chi connectivity index (χ2v) is 6.78. The lowest BCUT2D eigenvalue weighted by atomic mass is 10.1. The van der Waals surface area contributed by atoms with Crippen molar-refractivity contribution in [1.82, 2.24) is 4.90 Å². The van der Waals surface area contributed by atoms with E-state index in [4.69, 9.17) is 10.1 Å². The number of carbonyl (C=O) groups is 2. The van der Waals surface area contributed by atoms with E-state index in [0.717, 1.165) is 36.3 Å². The molecule has 0 saturated carbocycles. The van der Waals surface area contributed by atoms with Crippen LogP contribution in [0.1, 0.15) is 48.7 Å². The average molecular weight is 428 g/mol. The molecule has 0 atom stereocenters. The molecule has 2 rings (SSSR count). The number of para-hydroxylation sites is 1. The molecule has 0 aliphatic rings. The maximum Gasteiger partial charge on any atom is 0.338 e. The lowest BCUT2D eigenvalue weighted by molar-refractivity contribution is -0.117. The van der Waals surface area contributed by atoms with Crippen molar-refractivity contribution in [3.8, 4) is 0 Å². The highest BCUT2D eigenvalue weighted by atomic mass is 16.5. The van der Waals surface area contributed by atoms with Gasteiger partial charge in [0, 0.05) is 5.69 Å². The summed E-state index contributed by atoms with van der Waals surface area (Å²) in [4.78, 5) is 25.2. The second kappa shape index (κ2) is 16.8. The number of nitrogens with one attached hydrogen (secondary N) is 2. The number of aryl methyl sites for hydroxylation is 2. The molecular weight excluding hydrogens is 390 g/mol. The third-order valence-electron chi connectivity index (χ3n) is 4.45. The number of carbonyl (C=O) groups excluding carboxylic acids is 2. The number of nitrogens with zero attached hydrogens (tertiary/aromatic N) is 1. The lowest BCUT2D eigenvalue weighted by Gasteiger charge is -2.18. The Labute approximate surface area is 187 Å². The number of ether oxygens (including phenoxy) is 1. The van der Waals surface area contributed by atoms with Gasteiger partial charge in [0.05, 0.1) is 18.7 Å². The molecule has 0 fully saturated rings. The summed E-state index contributed by atoms with van der Waals surface area (Å²) in [5.74, 6) is -0.177. The molecule has 0 aromatic heterocycles. The molecule has 0 bridgehead atoms. The second-order valence-electron chi connectivity index (χ2n) is 6.78. The molecule has 0 unspecified atom stereocenters. The van der Waals surface area contributed by atoms with Crippen LogP contribution >= 0.6 is 0 Å². The predicted octanol–water partition coefficient (Wildman–Crippen LogP) is 5.10. The van der Waals surface area contributed by atoms with Crippen molar-refractivity contribution in [1.29, 1.82) is 5.41 Å². The Kier molecular flexibility index (Phi) is 15.2. The molecule has 170 valence electrons. The van der Waals surface area contributed by atoms with Crippen LogP contribution in [0.5, 0.6) is 0 Å². The first kappa shape index (κ1) is 28.0. The van der Waals surface area contributed by atoms with E-state index in [1.165, 1.54) is 0 Å². The number of esters is 1. The van der Waals surface area contributed by atoms with Gasteiger partial charge in [-0.2, -0.15) is 0 Å². The van der Waals surface area contributed by atoms with Gasteiger partial charge in [-0.15, -0.1) is 0 Å².